The van der Waals surface area contributed by atoms with E-state index in [0.717, 1.165) is 25.2 Å². The van der Waals surface area contributed by atoms with Crippen LogP contribution in [0.5, 0.6) is 0 Å². The molecule has 1 heterocycles. The van der Waals surface area contributed by atoms with E-state index in [2.05, 4.69) is 55.7 Å². The molecule has 3 heteroatoms. The molecule has 1 N–H and O–H groups in total. The number of allylic oxidation sites excluding steroid dienone is 1. The van der Waals surface area contributed by atoms with Crippen LogP contribution in [0.25, 0.3) is 0 Å². The van der Waals surface area contributed by atoms with E-state index in [1.54, 1.807) is 6.08 Å². The largest absolute Gasteiger partial charge is 0.481 e. The van der Waals surface area contributed by atoms with Crippen molar-refractivity contribution in [3.05, 3.63) is 48.6 Å². The molecular formula is C29H47NO2. The molecule has 1 aromatic carbocycles. The van der Waals surface area contributed by atoms with Gasteiger partial charge in [0.05, 0.1) is 5.92 Å². The van der Waals surface area contributed by atoms with Gasteiger partial charge >= 0.3 is 5.97 Å². The summed E-state index contributed by atoms with van der Waals surface area (Å²) in [5.74, 6) is 1.78. The predicted molar refractivity (Wildman–Crippen MR) is 136 cm³/mol. The minimum atomic E-state index is -0.569. The second-order valence-electron chi connectivity index (χ2n) is 10.5. The zero-order valence-corrected chi connectivity index (χ0v) is 20.8. The highest BCUT2D eigenvalue weighted by Gasteiger charge is 2.36. The SMILES string of the molecule is C=CC.CC(C)CC(C(=O)O)C1CCC(CN2CCC(CCCc3ccccc3)CC2)C1. The van der Waals surface area contributed by atoms with Gasteiger partial charge in [-0.3, -0.25) is 4.79 Å². The van der Waals surface area contributed by atoms with Gasteiger partial charge in [0.15, 0.2) is 0 Å². The van der Waals surface area contributed by atoms with Crippen molar-refractivity contribution in [1.29, 1.82) is 0 Å². The molecule has 1 aliphatic heterocycles. The van der Waals surface area contributed by atoms with Crippen LogP contribution in [-0.2, 0) is 11.2 Å². The van der Waals surface area contributed by atoms with Gasteiger partial charge in [-0.2, -0.15) is 0 Å². The maximum Gasteiger partial charge on any atom is 0.306 e. The van der Waals surface area contributed by atoms with Crippen molar-refractivity contribution in [3.8, 4) is 0 Å². The Morgan fingerprint density at radius 1 is 1.12 bits per heavy atom. The van der Waals surface area contributed by atoms with Crippen LogP contribution in [-0.4, -0.2) is 35.6 Å². The lowest BCUT2D eigenvalue weighted by molar-refractivity contribution is -0.144. The molecule has 1 aliphatic carbocycles. The first-order chi connectivity index (χ1) is 15.4. The van der Waals surface area contributed by atoms with Crippen LogP contribution in [0.3, 0.4) is 0 Å². The molecule has 3 atom stereocenters. The van der Waals surface area contributed by atoms with Crippen molar-refractivity contribution >= 4 is 5.97 Å². The normalized spacial score (nSPS) is 22.9. The average Bonchev–Trinajstić information content (AvgIpc) is 3.22. The van der Waals surface area contributed by atoms with Gasteiger partial charge in [-0.05, 0) is 101 Å². The maximum atomic E-state index is 11.7. The van der Waals surface area contributed by atoms with Crippen LogP contribution in [0.15, 0.2) is 43.0 Å². The number of carbonyl (C=O) groups is 1. The molecule has 0 bridgehead atoms. The number of piperidine rings is 1. The summed E-state index contributed by atoms with van der Waals surface area (Å²) in [6.45, 7) is 13.2. The van der Waals surface area contributed by atoms with Crippen molar-refractivity contribution in [2.45, 2.75) is 78.6 Å². The Morgan fingerprint density at radius 3 is 2.38 bits per heavy atom. The summed E-state index contributed by atoms with van der Waals surface area (Å²) in [6, 6.07) is 10.9. The topological polar surface area (TPSA) is 40.5 Å². The molecule has 2 fully saturated rings. The second kappa shape index (κ2) is 14.5. The highest BCUT2D eigenvalue weighted by atomic mass is 16.4. The van der Waals surface area contributed by atoms with Gasteiger partial charge in [0.25, 0.3) is 0 Å². The van der Waals surface area contributed by atoms with Crippen molar-refractivity contribution in [2.75, 3.05) is 19.6 Å². The number of carboxylic acids is 1. The van der Waals surface area contributed by atoms with Crippen LogP contribution in [0, 0.1) is 29.6 Å². The number of hydrogen-bond acceptors (Lipinski definition) is 2. The van der Waals surface area contributed by atoms with Crippen molar-refractivity contribution in [2.24, 2.45) is 29.6 Å². The minimum absolute atomic E-state index is 0.129. The quantitative estimate of drug-likeness (QED) is 0.394. The summed E-state index contributed by atoms with van der Waals surface area (Å²) in [6.07, 6.45) is 12.6. The molecule has 1 saturated carbocycles. The van der Waals surface area contributed by atoms with E-state index in [0.29, 0.717) is 17.8 Å². The monoisotopic (exact) mass is 441 g/mol. The van der Waals surface area contributed by atoms with E-state index >= 15 is 0 Å². The van der Waals surface area contributed by atoms with Crippen molar-refractivity contribution < 1.29 is 9.90 Å². The van der Waals surface area contributed by atoms with Crippen LogP contribution in [0.1, 0.15) is 77.7 Å². The fourth-order valence-electron chi connectivity index (χ4n) is 5.71. The molecular weight excluding hydrogens is 394 g/mol. The summed E-state index contributed by atoms with van der Waals surface area (Å²) < 4.78 is 0. The molecule has 3 nitrogen and oxygen atoms in total. The molecule has 0 amide bonds. The van der Waals surface area contributed by atoms with Gasteiger partial charge in [-0.15, -0.1) is 6.58 Å². The Morgan fingerprint density at radius 2 is 1.78 bits per heavy atom. The lowest BCUT2D eigenvalue weighted by Crippen LogP contribution is -2.37. The molecule has 1 aromatic rings. The Hall–Kier alpha value is -1.61. The molecule has 1 saturated heterocycles. The predicted octanol–water partition coefficient (Wildman–Crippen LogP) is 7.08. The van der Waals surface area contributed by atoms with Gasteiger partial charge in [-0.25, -0.2) is 0 Å². The highest BCUT2D eigenvalue weighted by Crippen LogP contribution is 2.39. The van der Waals surface area contributed by atoms with Gasteiger partial charge < -0.3 is 10.0 Å². The molecule has 32 heavy (non-hydrogen) atoms. The molecule has 3 unspecified atom stereocenters. The fraction of sp³-hybridized carbons (Fsp3) is 0.690. The second-order valence-corrected chi connectivity index (χ2v) is 10.5. The van der Waals surface area contributed by atoms with E-state index < -0.39 is 5.97 Å². The number of aryl methyl sites for hydroxylation is 1. The maximum absolute atomic E-state index is 11.7. The number of hydrogen-bond donors (Lipinski definition) is 1. The molecule has 3 rings (SSSR count). The van der Waals surface area contributed by atoms with E-state index in [-0.39, 0.29) is 5.92 Å². The fourth-order valence-corrected chi connectivity index (χ4v) is 5.71. The Kier molecular flexibility index (Phi) is 12.1. The molecule has 0 spiro atoms. The van der Waals surface area contributed by atoms with Crippen LogP contribution < -0.4 is 0 Å². The van der Waals surface area contributed by atoms with E-state index in [1.165, 1.54) is 63.7 Å². The van der Waals surface area contributed by atoms with E-state index in [1.807, 2.05) is 6.92 Å². The van der Waals surface area contributed by atoms with Crippen molar-refractivity contribution in [3.63, 3.8) is 0 Å². The standard InChI is InChI=1S/C26H41NO2.C3H6/c1-20(2)17-25(26(28)29)24-12-11-23(18-24)19-27-15-13-22(14-16-27)10-6-9-21-7-4-3-5-8-21;1-3-2/h3-5,7-8,20,22-25H,6,9-19H2,1-2H3,(H,28,29);3H,1H2,2H3. The Bertz CT molecular complexity index is 648. The Labute approximate surface area is 197 Å². The summed E-state index contributed by atoms with van der Waals surface area (Å²) in [5.41, 5.74) is 1.47. The molecule has 0 aromatic heterocycles. The third-order valence-electron chi connectivity index (χ3n) is 7.34. The first kappa shape index (κ1) is 26.6. The molecule has 180 valence electrons. The van der Waals surface area contributed by atoms with Crippen molar-refractivity contribution in [1.82, 2.24) is 4.90 Å². The van der Waals surface area contributed by atoms with Gasteiger partial charge in [0.1, 0.15) is 0 Å². The third kappa shape index (κ3) is 9.48. The first-order valence-corrected chi connectivity index (χ1v) is 13.0. The third-order valence-corrected chi connectivity index (χ3v) is 7.34. The lowest BCUT2D eigenvalue weighted by atomic mass is 9.84. The summed E-state index contributed by atoms with van der Waals surface area (Å²) >= 11 is 0. The smallest absolute Gasteiger partial charge is 0.306 e. The van der Waals surface area contributed by atoms with E-state index in [9.17, 15) is 9.90 Å². The summed E-state index contributed by atoms with van der Waals surface area (Å²) in [4.78, 5) is 14.4. The average molecular weight is 442 g/mol. The first-order valence-electron chi connectivity index (χ1n) is 13.0. The number of aliphatic carboxylic acids is 1. The number of likely N-dealkylation sites (tertiary alicyclic amines) is 1. The number of carboxylic acid groups (broad SMARTS) is 1. The highest BCUT2D eigenvalue weighted by molar-refractivity contribution is 5.70. The Balaban J connectivity index is 0.00000114. The van der Waals surface area contributed by atoms with Gasteiger partial charge in [0.2, 0.25) is 0 Å². The molecule has 2 aliphatic rings. The minimum Gasteiger partial charge on any atom is -0.481 e. The van der Waals surface area contributed by atoms with Gasteiger partial charge in [-0.1, -0.05) is 56.7 Å². The van der Waals surface area contributed by atoms with Crippen LogP contribution >= 0.6 is 0 Å². The van der Waals surface area contributed by atoms with Gasteiger partial charge in [0, 0.05) is 6.54 Å². The zero-order chi connectivity index (χ0) is 23.3. The molecule has 0 radical (unpaired) electrons. The van der Waals surface area contributed by atoms with E-state index in [4.69, 9.17) is 0 Å². The number of rotatable bonds is 10. The summed E-state index contributed by atoms with van der Waals surface area (Å²) in [5, 5.41) is 9.65. The number of nitrogens with zero attached hydrogens (tertiary/aromatic N) is 1. The van der Waals surface area contributed by atoms with Crippen LogP contribution in [0.4, 0.5) is 0 Å². The van der Waals surface area contributed by atoms with Crippen LogP contribution in [0.2, 0.25) is 0 Å². The lowest BCUT2D eigenvalue weighted by Gasteiger charge is -2.33. The zero-order valence-electron chi connectivity index (χ0n) is 20.8. The summed E-state index contributed by atoms with van der Waals surface area (Å²) in [7, 11) is 0. The number of benzene rings is 1.